The minimum absolute atomic E-state index is 0.317. The zero-order chi connectivity index (χ0) is 13.6. The topological polar surface area (TPSA) is 64.3 Å². The monoisotopic (exact) mass is 256 g/mol. The molecule has 1 rings (SSSR count). The van der Waals surface area contributed by atoms with Crippen LogP contribution in [0.1, 0.15) is 52.9 Å². The molecule has 0 saturated heterocycles. The molecular formula is C14H28N2O2. The van der Waals surface area contributed by atoms with Crippen LogP contribution in [0.2, 0.25) is 0 Å². The van der Waals surface area contributed by atoms with E-state index in [2.05, 4.69) is 5.32 Å². The highest BCUT2D eigenvalue weighted by molar-refractivity contribution is 5.67. The molecule has 2 atom stereocenters. The molecule has 0 heterocycles. The fraction of sp³-hybridized carbons (Fsp3) is 0.929. The van der Waals surface area contributed by atoms with Crippen LogP contribution >= 0.6 is 0 Å². The Kier molecular flexibility index (Phi) is 5.93. The maximum Gasteiger partial charge on any atom is 0.407 e. The molecule has 106 valence electrons. The van der Waals surface area contributed by atoms with Gasteiger partial charge in [-0.05, 0) is 52.0 Å². The molecular weight excluding hydrogens is 228 g/mol. The third-order valence-electron chi connectivity index (χ3n) is 3.53. The molecule has 0 aromatic carbocycles. The first-order valence-corrected chi connectivity index (χ1v) is 7.09. The molecule has 18 heavy (non-hydrogen) atoms. The molecule has 0 aromatic rings. The highest BCUT2D eigenvalue weighted by atomic mass is 16.6. The maximum absolute atomic E-state index is 11.6. The van der Waals surface area contributed by atoms with Crippen molar-refractivity contribution < 1.29 is 9.53 Å². The van der Waals surface area contributed by atoms with Gasteiger partial charge >= 0.3 is 6.09 Å². The Bertz CT molecular complexity index is 261. The van der Waals surface area contributed by atoms with Crippen LogP contribution in [0.4, 0.5) is 4.79 Å². The smallest absolute Gasteiger partial charge is 0.407 e. The summed E-state index contributed by atoms with van der Waals surface area (Å²) in [6.45, 7) is 7.04. The fourth-order valence-corrected chi connectivity index (χ4v) is 2.57. The number of rotatable bonds is 3. The minimum Gasteiger partial charge on any atom is -0.444 e. The van der Waals surface area contributed by atoms with Crippen molar-refractivity contribution >= 4 is 6.09 Å². The number of hydrogen-bond acceptors (Lipinski definition) is 3. The number of amides is 1. The van der Waals surface area contributed by atoms with Crippen LogP contribution in [0, 0.1) is 11.8 Å². The van der Waals surface area contributed by atoms with Gasteiger partial charge < -0.3 is 15.8 Å². The third kappa shape index (κ3) is 5.71. The number of alkyl carbamates (subject to hydrolysis) is 1. The average molecular weight is 256 g/mol. The predicted molar refractivity (Wildman–Crippen MR) is 73.4 cm³/mol. The highest BCUT2D eigenvalue weighted by Gasteiger charge is 2.24. The zero-order valence-electron chi connectivity index (χ0n) is 12.0. The number of carbonyl (C=O) groups excluding carboxylic acids is 1. The second kappa shape index (κ2) is 6.98. The van der Waals surface area contributed by atoms with Crippen molar-refractivity contribution in [3.05, 3.63) is 0 Å². The average Bonchev–Trinajstić information content (AvgIpc) is 2.48. The van der Waals surface area contributed by atoms with Gasteiger partial charge in [-0.2, -0.15) is 0 Å². The molecule has 0 radical (unpaired) electrons. The molecule has 1 fully saturated rings. The molecule has 1 amide bonds. The van der Waals surface area contributed by atoms with Crippen LogP contribution in [0.3, 0.4) is 0 Å². The highest BCUT2D eigenvalue weighted by Crippen LogP contribution is 2.27. The van der Waals surface area contributed by atoms with Crippen molar-refractivity contribution in [1.29, 1.82) is 0 Å². The Morgan fingerprint density at radius 1 is 1.22 bits per heavy atom. The lowest BCUT2D eigenvalue weighted by atomic mass is 9.88. The van der Waals surface area contributed by atoms with Gasteiger partial charge in [0.25, 0.3) is 0 Å². The molecule has 4 heteroatoms. The van der Waals surface area contributed by atoms with Gasteiger partial charge in [0.15, 0.2) is 0 Å². The minimum atomic E-state index is -0.430. The normalized spacial score (nSPS) is 25.3. The van der Waals surface area contributed by atoms with E-state index in [-0.39, 0.29) is 6.09 Å². The van der Waals surface area contributed by atoms with Crippen LogP contribution in [0.5, 0.6) is 0 Å². The molecule has 0 spiro atoms. The van der Waals surface area contributed by atoms with Gasteiger partial charge in [0.05, 0.1) is 0 Å². The van der Waals surface area contributed by atoms with E-state index in [1.165, 1.54) is 25.7 Å². The Balaban J connectivity index is 2.37. The summed E-state index contributed by atoms with van der Waals surface area (Å²) in [5.41, 5.74) is 5.40. The summed E-state index contributed by atoms with van der Waals surface area (Å²) >= 11 is 0. The van der Waals surface area contributed by atoms with E-state index in [9.17, 15) is 4.79 Å². The summed E-state index contributed by atoms with van der Waals surface area (Å²) in [6.07, 6.45) is 5.85. The van der Waals surface area contributed by atoms with E-state index in [0.29, 0.717) is 18.4 Å². The van der Waals surface area contributed by atoms with Crippen molar-refractivity contribution in [2.75, 3.05) is 13.1 Å². The van der Waals surface area contributed by atoms with Crippen molar-refractivity contribution in [1.82, 2.24) is 5.32 Å². The van der Waals surface area contributed by atoms with Gasteiger partial charge in [-0.25, -0.2) is 4.79 Å². The lowest BCUT2D eigenvalue weighted by Gasteiger charge is -2.25. The molecule has 1 saturated carbocycles. The Labute approximate surface area is 111 Å². The maximum atomic E-state index is 11.6. The quantitative estimate of drug-likeness (QED) is 0.763. The second-order valence-electron chi connectivity index (χ2n) is 6.28. The third-order valence-corrected chi connectivity index (χ3v) is 3.53. The van der Waals surface area contributed by atoms with E-state index in [0.717, 1.165) is 13.0 Å². The van der Waals surface area contributed by atoms with Crippen LogP contribution in [-0.4, -0.2) is 24.8 Å². The van der Waals surface area contributed by atoms with Gasteiger partial charge in [-0.1, -0.05) is 19.3 Å². The summed E-state index contributed by atoms with van der Waals surface area (Å²) in [5, 5.41) is 2.88. The van der Waals surface area contributed by atoms with Gasteiger partial charge in [-0.15, -0.1) is 0 Å². The molecule has 4 nitrogen and oxygen atoms in total. The van der Waals surface area contributed by atoms with E-state index < -0.39 is 5.60 Å². The molecule has 1 aliphatic carbocycles. The van der Waals surface area contributed by atoms with E-state index >= 15 is 0 Å². The van der Waals surface area contributed by atoms with Crippen molar-refractivity contribution in [2.24, 2.45) is 17.6 Å². The first-order valence-electron chi connectivity index (χ1n) is 7.09. The van der Waals surface area contributed by atoms with Gasteiger partial charge in [0.2, 0.25) is 0 Å². The Morgan fingerprint density at radius 2 is 1.83 bits per heavy atom. The second-order valence-corrected chi connectivity index (χ2v) is 6.28. The molecule has 3 N–H and O–H groups in total. The molecule has 1 aliphatic rings. The summed E-state index contributed by atoms with van der Waals surface area (Å²) < 4.78 is 5.25. The van der Waals surface area contributed by atoms with Crippen molar-refractivity contribution in [3.63, 3.8) is 0 Å². The first-order chi connectivity index (χ1) is 8.42. The zero-order valence-corrected chi connectivity index (χ0v) is 12.0. The summed E-state index contributed by atoms with van der Waals surface area (Å²) in [6, 6.07) is 0. The van der Waals surface area contributed by atoms with Gasteiger partial charge in [0, 0.05) is 6.54 Å². The SMILES string of the molecule is CC(C)(C)OC(=O)NC[C@@H]1CCCCC[C@@H]1CN. The summed E-state index contributed by atoms with van der Waals surface area (Å²) in [5.74, 6) is 1.05. The first kappa shape index (κ1) is 15.3. The van der Waals surface area contributed by atoms with E-state index in [4.69, 9.17) is 10.5 Å². The molecule has 0 aromatic heterocycles. The lowest BCUT2D eigenvalue weighted by Crippen LogP contribution is -2.38. The number of hydrogen-bond donors (Lipinski definition) is 2. The summed E-state index contributed by atoms with van der Waals surface area (Å²) in [7, 11) is 0. The number of nitrogens with one attached hydrogen (secondary N) is 1. The number of ether oxygens (including phenoxy) is 1. The van der Waals surface area contributed by atoms with E-state index in [1.54, 1.807) is 0 Å². The van der Waals surface area contributed by atoms with Crippen LogP contribution < -0.4 is 11.1 Å². The van der Waals surface area contributed by atoms with Gasteiger partial charge in [0.1, 0.15) is 5.60 Å². The van der Waals surface area contributed by atoms with Crippen molar-refractivity contribution in [2.45, 2.75) is 58.5 Å². The standard InChI is InChI=1S/C14H28N2O2/c1-14(2,3)18-13(17)16-10-12-8-6-4-5-7-11(12)9-15/h11-12H,4-10,15H2,1-3H3,(H,16,17)/t11-,12+/m1/s1. The lowest BCUT2D eigenvalue weighted by molar-refractivity contribution is 0.0512. The largest absolute Gasteiger partial charge is 0.444 e. The molecule has 0 bridgehead atoms. The number of nitrogens with two attached hydrogens (primary N) is 1. The van der Waals surface area contributed by atoms with E-state index in [1.807, 2.05) is 20.8 Å². The van der Waals surface area contributed by atoms with Crippen molar-refractivity contribution in [3.8, 4) is 0 Å². The Morgan fingerprint density at radius 3 is 2.39 bits per heavy atom. The number of carbonyl (C=O) groups is 1. The van der Waals surface area contributed by atoms with Crippen LogP contribution in [-0.2, 0) is 4.74 Å². The summed E-state index contributed by atoms with van der Waals surface area (Å²) in [4.78, 5) is 11.6. The molecule has 0 unspecified atom stereocenters. The fourth-order valence-electron chi connectivity index (χ4n) is 2.57. The van der Waals surface area contributed by atoms with Gasteiger partial charge in [-0.3, -0.25) is 0 Å². The predicted octanol–water partition coefficient (Wildman–Crippen LogP) is 2.67. The van der Waals surface area contributed by atoms with Crippen LogP contribution in [0.15, 0.2) is 0 Å². The Hall–Kier alpha value is -0.770. The molecule has 0 aliphatic heterocycles. The van der Waals surface area contributed by atoms with Crippen LogP contribution in [0.25, 0.3) is 0 Å².